The largest absolute Gasteiger partial charge is 0.399 e. The quantitative estimate of drug-likeness (QED) is 0.873. The van der Waals surface area contributed by atoms with Gasteiger partial charge in [0, 0.05) is 31.8 Å². The summed E-state index contributed by atoms with van der Waals surface area (Å²) in [5.41, 5.74) is 6.70. The molecule has 1 fully saturated rings. The predicted octanol–water partition coefficient (Wildman–Crippen LogP) is 2.45. The molecule has 1 heterocycles. The summed E-state index contributed by atoms with van der Waals surface area (Å²) in [5.74, 6) is 0.394. The highest BCUT2D eigenvalue weighted by Gasteiger charge is 2.27. The number of nitrogens with two attached hydrogens (primary N) is 1. The zero-order valence-electron chi connectivity index (χ0n) is 10.8. The van der Waals surface area contributed by atoms with Gasteiger partial charge in [0.05, 0.1) is 17.2 Å². The van der Waals surface area contributed by atoms with Crippen LogP contribution in [-0.4, -0.2) is 37.6 Å². The number of benzene rings is 1. The number of halogens is 2. The van der Waals surface area contributed by atoms with Gasteiger partial charge < -0.3 is 15.4 Å². The Balaban J connectivity index is 0.00000180. The Morgan fingerprint density at radius 1 is 1.58 bits per heavy atom. The van der Waals surface area contributed by atoms with E-state index in [4.69, 9.17) is 22.1 Å². The summed E-state index contributed by atoms with van der Waals surface area (Å²) >= 11 is 6.05. The molecule has 0 aliphatic carbocycles. The summed E-state index contributed by atoms with van der Waals surface area (Å²) in [7, 11) is 1.68. The van der Waals surface area contributed by atoms with Gasteiger partial charge >= 0.3 is 0 Å². The zero-order chi connectivity index (χ0) is 13.1. The number of anilines is 1. The molecular weight excluding hydrogens is 287 g/mol. The number of hydrogen-bond donors (Lipinski definition) is 1. The number of rotatable bonds is 3. The highest BCUT2D eigenvalue weighted by Crippen LogP contribution is 2.24. The maximum atomic E-state index is 12.3. The summed E-state index contributed by atoms with van der Waals surface area (Å²) in [6.45, 7) is 2.18. The Kier molecular flexibility index (Phi) is 5.91. The second-order valence-electron chi connectivity index (χ2n) is 4.60. The summed E-state index contributed by atoms with van der Waals surface area (Å²) in [5, 5.41) is 0.412. The van der Waals surface area contributed by atoms with E-state index in [0.29, 0.717) is 28.8 Å². The average molecular weight is 305 g/mol. The molecule has 1 aromatic rings. The van der Waals surface area contributed by atoms with Crippen molar-refractivity contribution in [3.8, 4) is 0 Å². The van der Waals surface area contributed by atoms with E-state index >= 15 is 0 Å². The van der Waals surface area contributed by atoms with Gasteiger partial charge in [0.2, 0.25) is 0 Å². The molecule has 0 saturated carbocycles. The fraction of sp³-hybridized carbons (Fsp3) is 0.462. The second-order valence-corrected chi connectivity index (χ2v) is 5.01. The predicted molar refractivity (Wildman–Crippen MR) is 79.0 cm³/mol. The molecule has 0 spiro atoms. The Hall–Kier alpha value is -0.970. The highest BCUT2D eigenvalue weighted by molar-refractivity contribution is 6.34. The Bertz CT molecular complexity index is 454. The second kappa shape index (κ2) is 6.98. The van der Waals surface area contributed by atoms with E-state index in [1.54, 1.807) is 25.3 Å². The lowest BCUT2D eigenvalue weighted by Crippen LogP contribution is -2.29. The van der Waals surface area contributed by atoms with Crippen molar-refractivity contribution in [2.24, 2.45) is 5.92 Å². The first-order valence-electron chi connectivity index (χ1n) is 5.95. The molecule has 2 N–H and O–H groups in total. The maximum absolute atomic E-state index is 12.3. The molecular formula is C13H18Cl2N2O2. The first-order chi connectivity index (χ1) is 8.61. The van der Waals surface area contributed by atoms with Crippen molar-refractivity contribution < 1.29 is 9.53 Å². The molecule has 19 heavy (non-hydrogen) atoms. The van der Waals surface area contributed by atoms with Gasteiger partial charge in [0.1, 0.15) is 0 Å². The number of methoxy groups -OCH3 is 1. The normalized spacial score (nSPS) is 18.2. The van der Waals surface area contributed by atoms with Crippen LogP contribution in [0.5, 0.6) is 0 Å². The molecule has 0 bridgehead atoms. The lowest BCUT2D eigenvalue weighted by molar-refractivity contribution is 0.0775. The molecule has 1 unspecified atom stereocenters. The van der Waals surface area contributed by atoms with Crippen molar-refractivity contribution in [3.63, 3.8) is 0 Å². The smallest absolute Gasteiger partial charge is 0.255 e. The first-order valence-corrected chi connectivity index (χ1v) is 6.33. The molecule has 6 heteroatoms. The van der Waals surface area contributed by atoms with E-state index in [-0.39, 0.29) is 18.3 Å². The standard InChI is InChI=1S/C13H17ClN2O2.ClH/c1-18-8-9-4-5-16(7-9)13(17)11-3-2-10(15)6-12(11)14;/h2-3,6,9H,4-5,7-8,15H2,1H3;1H. The summed E-state index contributed by atoms with van der Waals surface area (Å²) in [6, 6.07) is 4.99. The van der Waals surface area contributed by atoms with Crippen LogP contribution in [-0.2, 0) is 4.74 Å². The first kappa shape index (κ1) is 16.1. The molecule has 4 nitrogen and oxygen atoms in total. The Morgan fingerprint density at radius 3 is 2.95 bits per heavy atom. The number of ether oxygens (including phenoxy) is 1. The highest BCUT2D eigenvalue weighted by atomic mass is 35.5. The maximum Gasteiger partial charge on any atom is 0.255 e. The third-order valence-corrected chi connectivity index (χ3v) is 3.51. The number of likely N-dealkylation sites (tertiary alicyclic amines) is 1. The van der Waals surface area contributed by atoms with Gasteiger partial charge in [0.15, 0.2) is 0 Å². The minimum Gasteiger partial charge on any atom is -0.399 e. The van der Waals surface area contributed by atoms with Gasteiger partial charge in [-0.15, -0.1) is 12.4 Å². The van der Waals surface area contributed by atoms with Crippen molar-refractivity contribution in [3.05, 3.63) is 28.8 Å². The molecule has 1 atom stereocenters. The summed E-state index contributed by atoms with van der Waals surface area (Å²) in [6.07, 6.45) is 0.978. The minimum absolute atomic E-state index is 0. The van der Waals surface area contributed by atoms with Crippen LogP contribution in [0.4, 0.5) is 5.69 Å². The Morgan fingerprint density at radius 2 is 2.32 bits per heavy atom. The number of hydrogen-bond acceptors (Lipinski definition) is 3. The summed E-state index contributed by atoms with van der Waals surface area (Å²) < 4.78 is 5.12. The molecule has 0 aromatic heterocycles. The fourth-order valence-electron chi connectivity index (χ4n) is 2.26. The van der Waals surface area contributed by atoms with Crippen molar-refractivity contribution in [1.29, 1.82) is 0 Å². The van der Waals surface area contributed by atoms with Gasteiger partial charge in [-0.05, 0) is 24.6 Å². The average Bonchev–Trinajstić information content (AvgIpc) is 2.77. The van der Waals surface area contributed by atoms with Crippen LogP contribution >= 0.6 is 24.0 Å². The Labute approximate surface area is 124 Å². The number of nitrogens with zero attached hydrogens (tertiary/aromatic N) is 1. The molecule has 1 aliphatic heterocycles. The molecule has 2 rings (SSSR count). The fourth-order valence-corrected chi connectivity index (χ4v) is 2.53. The number of nitrogen functional groups attached to an aromatic ring is 1. The summed E-state index contributed by atoms with van der Waals surface area (Å²) in [4.78, 5) is 14.1. The van der Waals surface area contributed by atoms with Crippen LogP contribution in [0.15, 0.2) is 18.2 Å². The number of carbonyl (C=O) groups excluding carboxylic acids is 1. The molecule has 1 amide bonds. The van der Waals surface area contributed by atoms with Gasteiger partial charge in [-0.2, -0.15) is 0 Å². The van der Waals surface area contributed by atoms with Gasteiger partial charge in [-0.25, -0.2) is 0 Å². The SMILES string of the molecule is COCC1CCN(C(=O)c2ccc(N)cc2Cl)C1.Cl. The van der Waals surface area contributed by atoms with Gasteiger partial charge in [-0.1, -0.05) is 11.6 Å². The van der Waals surface area contributed by atoms with Crippen LogP contribution < -0.4 is 5.73 Å². The van der Waals surface area contributed by atoms with Crippen LogP contribution in [0.2, 0.25) is 5.02 Å². The molecule has 1 saturated heterocycles. The van der Waals surface area contributed by atoms with Gasteiger partial charge in [-0.3, -0.25) is 4.79 Å². The molecule has 1 aliphatic rings. The number of carbonyl (C=O) groups is 1. The monoisotopic (exact) mass is 304 g/mol. The zero-order valence-corrected chi connectivity index (χ0v) is 12.3. The van der Waals surface area contributed by atoms with E-state index in [2.05, 4.69) is 0 Å². The third-order valence-electron chi connectivity index (χ3n) is 3.20. The topological polar surface area (TPSA) is 55.6 Å². The molecule has 106 valence electrons. The van der Waals surface area contributed by atoms with E-state index in [0.717, 1.165) is 19.5 Å². The third kappa shape index (κ3) is 3.75. The van der Waals surface area contributed by atoms with E-state index in [9.17, 15) is 4.79 Å². The van der Waals surface area contributed by atoms with Crippen molar-refractivity contribution in [2.45, 2.75) is 6.42 Å². The number of amides is 1. The van der Waals surface area contributed by atoms with Crippen LogP contribution in [0.1, 0.15) is 16.8 Å². The lowest BCUT2D eigenvalue weighted by Gasteiger charge is -2.17. The molecule has 0 radical (unpaired) electrons. The minimum atomic E-state index is -0.0291. The van der Waals surface area contributed by atoms with E-state index < -0.39 is 0 Å². The van der Waals surface area contributed by atoms with Crippen LogP contribution in [0, 0.1) is 5.92 Å². The van der Waals surface area contributed by atoms with Gasteiger partial charge in [0.25, 0.3) is 5.91 Å². The lowest BCUT2D eigenvalue weighted by atomic mass is 10.1. The van der Waals surface area contributed by atoms with Crippen molar-refractivity contribution in [2.75, 3.05) is 32.5 Å². The van der Waals surface area contributed by atoms with E-state index in [1.807, 2.05) is 4.90 Å². The van der Waals surface area contributed by atoms with Crippen molar-refractivity contribution >= 4 is 35.6 Å². The van der Waals surface area contributed by atoms with Crippen LogP contribution in [0.25, 0.3) is 0 Å². The molecule has 1 aromatic carbocycles. The van der Waals surface area contributed by atoms with Crippen molar-refractivity contribution in [1.82, 2.24) is 4.90 Å². The van der Waals surface area contributed by atoms with Crippen LogP contribution in [0.3, 0.4) is 0 Å². The van der Waals surface area contributed by atoms with E-state index in [1.165, 1.54) is 0 Å².